The van der Waals surface area contributed by atoms with Crippen LogP contribution in [-0.4, -0.2) is 21.8 Å². The van der Waals surface area contributed by atoms with Gasteiger partial charge in [-0.05, 0) is 59.8 Å². The number of carbonyl (C=O) groups is 1. The Bertz CT molecular complexity index is 1270. The minimum Gasteiger partial charge on any atom is -0.318 e. The summed E-state index contributed by atoms with van der Waals surface area (Å²) in [6.07, 6.45) is 4.06. The molecule has 1 aliphatic rings. The molecule has 1 unspecified atom stereocenters. The first-order chi connectivity index (χ1) is 15.7. The molecule has 0 bridgehead atoms. The third-order valence-electron chi connectivity index (χ3n) is 5.77. The van der Waals surface area contributed by atoms with E-state index in [9.17, 15) is 9.18 Å². The van der Waals surface area contributed by atoms with E-state index in [-0.39, 0.29) is 17.8 Å². The summed E-state index contributed by atoms with van der Waals surface area (Å²) < 4.78 is 16.4. The van der Waals surface area contributed by atoms with Gasteiger partial charge in [0.1, 0.15) is 5.82 Å². The molecule has 1 atom stereocenters. The molecule has 4 nitrogen and oxygen atoms in total. The molecule has 160 valence electrons. The van der Waals surface area contributed by atoms with Gasteiger partial charge in [0.25, 0.3) is 0 Å². The van der Waals surface area contributed by atoms with Crippen LogP contribution in [0.2, 0.25) is 0 Å². The Hall–Kier alpha value is -3.51. The second kappa shape index (κ2) is 8.55. The smallest absolute Gasteiger partial charge is 0.318 e. The number of amides is 2. The van der Waals surface area contributed by atoms with Crippen LogP contribution in [0.5, 0.6) is 0 Å². The lowest BCUT2D eigenvalue weighted by atomic mass is 10.0. The number of carbonyl (C=O) groups excluding carboxylic acids is 1. The van der Waals surface area contributed by atoms with Gasteiger partial charge < -0.3 is 14.8 Å². The molecule has 1 aromatic heterocycles. The molecule has 0 saturated heterocycles. The maximum Gasteiger partial charge on any atom is 0.323 e. The number of fused-ring (bicyclic) bond motifs is 3. The van der Waals surface area contributed by atoms with Crippen LogP contribution in [0.3, 0.4) is 0 Å². The molecule has 0 aliphatic carbocycles. The van der Waals surface area contributed by atoms with Gasteiger partial charge in [0.15, 0.2) is 0 Å². The molecule has 5 rings (SSSR count). The molecule has 1 N–H and O–H groups in total. The van der Waals surface area contributed by atoms with Crippen LogP contribution in [0, 0.1) is 5.82 Å². The zero-order valence-electron chi connectivity index (χ0n) is 17.5. The number of thioether (sulfide) groups is 1. The highest BCUT2D eigenvalue weighted by Crippen LogP contribution is 2.37. The summed E-state index contributed by atoms with van der Waals surface area (Å²) in [6.45, 7) is 0.396. The van der Waals surface area contributed by atoms with Crippen molar-refractivity contribution in [3.8, 4) is 5.69 Å². The summed E-state index contributed by atoms with van der Waals surface area (Å²) in [5.41, 5.74) is 4.22. The molecule has 0 spiro atoms. The second-order valence-corrected chi connectivity index (χ2v) is 8.53. The van der Waals surface area contributed by atoms with Gasteiger partial charge in [-0.25, -0.2) is 9.18 Å². The zero-order valence-corrected chi connectivity index (χ0v) is 18.4. The zero-order chi connectivity index (χ0) is 22.1. The number of hydrogen-bond donors (Lipinski definition) is 1. The van der Waals surface area contributed by atoms with E-state index < -0.39 is 5.82 Å². The normalized spacial score (nSPS) is 14.9. The molecular formula is C26H22FN3OS. The Labute approximate surface area is 190 Å². The summed E-state index contributed by atoms with van der Waals surface area (Å²) in [4.78, 5) is 16.5. The van der Waals surface area contributed by atoms with Crippen molar-refractivity contribution in [1.29, 1.82) is 0 Å². The Morgan fingerprint density at radius 2 is 1.72 bits per heavy atom. The van der Waals surface area contributed by atoms with Gasteiger partial charge in [0.05, 0.1) is 24.0 Å². The molecule has 4 aromatic rings. The van der Waals surface area contributed by atoms with Crippen molar-refractivity contribution >= 4 is 23.5 Å². The van der Waals surface area contributed by atoms with Crippen LogP contribution >= 0.6 is 11.8 Å². The van der Waals surface area contributed by atoms with E-state index >= 15 is 0 Å². The number of nitrogens with zero attached hydrogens (tertiary/aromatic N) is 2. The summed E-state index contributed by atoms with van der Waals surface area (Å²) in [5.74, 6) is -0.458. The largest absolute Gasteiger partial charge is 0.323 e. The van der Waals surface area contributed by atoms with Gasteiger partial charge in [-0.15, -0.1) is 11.8 Å². The number of aromatic nitrogens is 1. The van der Waals surface area contributed by atoms with Crippen LogP contribution in [-0.2, 0) is 6.54 Å². The first kappa shape index (κ1) is 20.4. The molecule has 0 saturated carbocycles. The third-order valence-corrected chi connectivity index (χ3v) is 6.52. The highest BCUT2D eigenvalue weighted by molar-refractivity contribution is 7.98. The van der Waals surface area contributed by atoms with Gasteiger partial charge in [0, 0.05) is 16.8 Å². The lowest BCUT2D eigenvalue weighted by Crippen LogP contribution is -2.38. The molecule has 2 heterocycles. The van der Waals surface area contributed by atoms with Crippen LogP contribution in [0.4, 0.5) is 14.9 Å². The van der Waals surface area contributed by atoms with Crippen molar-refractivity contribution in [2.45, 2.75) is 17.5 Å². The monoisotopic (exact) mass is 443 g/mol. The summed E-state index contributed by atoms with van der Waals surface area (Å²) in [7, 11) is 0. The average molecular weight is 444 g/mol. The van der Waals surface area contributed by atoms with Crippen molar-refractivity contribution in [2.24, 2.45) is 0 Å². The van der Waals surface area contributed by atoms with E-state index in [1.54, 1.807) is 34.9 Å². The van der Waals surface area contributed by atoms with Crippen LogP contribution < -0.4 is 5.32 Å². The molecule has 2 amide bonds. The van der Waals surface area contributed by atoms with Gasteiger partial charge in [-0.1, -0.05) is 42.5 Å². The van der Waals surface area contributed by atoms with Crippen molar-refractivity contribution in [3.63, 3.8) is 0 Å². The Morgan fingerprint density at radius 1 is 0.969 bits per heavy atom. The molecule has 32 heavy (non-hydrogen) atoms. The topological polar surface area (TPSA) is 37.3 Å². The minimum atomic E-state index is -0.458. The highest BCUT2D eigenvalue weighted by atomic mass is 32.2. The van der Waals surface area contributed by atoms with Crippen molar-refractivity contribution < 1.29 is 9.18 Å². The third kappa shape index (κ3) is 3.67. The molecule has 6 heteroatoms. The number of para-hydroxylation sites is 2. The van der Waals surface area contributed by atoms with Gasteiger partial charge in [-0.2, -0.15) is 0 Å². The van der Waals surface area contributed by atoms with Crippen molar-refractivity contribution in [1.82, 2.24) is 9.47 Å². The van der Waals surface area contributed by atoms with E-state index in [4.69, 9.17) is 0 Å². The fraction of sp³-hybridized carbons (Fsp3) is 0.115. The standard InChI is InChI=1S/C26H22FN3OS/c1-32-20-14-12-18(13-15-20)25-24-11-6-16-29(24)23-10-5-2-7-19(23)17-30(25)26(31)28-22-9-4-3-8-21(22)27/h2-16,25H,17H2,1H3,(H,28,31). The van der Waals surface area contributed by atoms with Gasteiger partial charge in [-0.3, -0.25) is 0 Å². The molecule has 0 radical (unpaired) electrons. The highest BCUT2D eigenvalue weighted by Gasteiger charge is 2.33. The summed E-state index contributed by atoms with van der Waals surface area (Å²) in [5, 5.41) is 2.78. The SMILES string of the molecule is CSc1ccc(C2c3cccn3-c3ccccc3CN2C(=O)Nc2ccccc2F)cc1. The van der Waals surface area contributed by atoms with E-state index in [1.165, 1.54) is 6.07 Å². The second-order valence-electron chi connectivity index (χ2n) is 7.65. The van der Waals surface area contributed by atoms with Gasteiger partial charge in [0.2, 0.25) is 0 Å². The van der Waals surface area contributed by atoms with Crippen molar-refractivity contribution in [2.75, 3.05) is 11.6 Å². The van der Waals surface area contributed by atoms with E-state index in [0.29, 0.717) is 6.54 Å². The predicted molar refractivity (Wildman–Crippen MR) is 127 cm³/mol. The predicted octanol–water partition coefficient (Wildman–Crippen LogP) is 6.48. The number of hydrogen-bond acceptors (Lipinski definition) is 2. The first-order valence-electron chi connectivity index (χ1n) is 10.4. The van der Waals surface area contributed by atoms with Crippen LogP contribution in [0.15, 0.2) is 96.0 Å². The molecule has 1 aliphatic heterocycles. The Kier molecular flexibility index (Phi) is 5.45. The Balaban J connectivity index is 1.63. The van der Waals surface area contributed by atoms with E-state index in [0.717, 1.165) is 27.4 Å². The number of rotatable bonds is 3. The lowest BCUT2D eigenvalue weighted by Gasteiger charge is -2.31. The van der Waals surface area contributed by atoms with Crippen LogP contribution in [0.1, 0.15) is 22.9 Å². The maximum atomic E-state index is 14.3. The minimum absolute atomic E-state index is 0.168. The molecular weight excluding hydrogens is 421 g/mol. The number of urea groups is 1. The van der Waals surface area contributed by atoms with E-state index in [2.05, 4.69) is 40.2 Å². The summed E-state index contributed by atoms with van der Waals surface area (Å²) >= 11 is 1.68. The number of halogens is 1. The van der Waals surface area contributed by atoms with Crippen LogP contribution in [0.25, 0.3) is 5.69 Å². The van der Waals surface area contributed by atoms with Gasteiger partial charge >= 0.3 is 6.03 Å². The fourth-order valence-electron chi connectivity index (χ4n) is 4.23. The van der Waals surface area contributed by atoms with Crippen molar-refractivity contribution in [3.05, 3.63) is 114 Å². The maximum absolute atomic E-state index is 14.3. The van der Waals surface area contributed by atoms with E-state index in [1.807, 2.05) is 42.8 Å². The fourth-order valence-corrected chi connectivity index (χ4v) is 4.63. The Morgan fingerprint density at radius 3 is 2.50 bits per heavy atom. The number of benzene rings is 3. The average Bonchev–Trinajstić information content (AvgIpc) is 3.25. The number of anilines is 1. The number of nitrogens with one attached hydrogen (secondary N) is 1. The summed E-state index contributed by atoms with van der Waals surface area (Å²) in [6, 6.07) is 25.9. The molecule has 0 fully saturated rings. The first-order valence-corrected chi connectivity index (χ1v) is 11.6. The molecule has 3 aromatic carbocycles. The lowest BCUT2D eigenvalue weighted by molar-refractivity contribution is 0.194. The quantitative estimate of drug-likeness (QED) is 0.368.